The third kappa shape index (κ3) is 8.30. The Labute approximate surface area is 114 Å². The maximum atomic E-state index is 3.53. The Morgan fingerprint density at radius 1 is 1.11 bits per heavy atom. The zero-order chi connectivity index (χ0) is 13.8. The van der Waals surface area contributed by atoms with Gasteiger partial charge in [0.1, 0.15) is 0 Å². The highest BCUT2D eigenvalue weighted by Gasteiger charge is 2.00. The molecule has 0 spiro atoms. The first kappa shape index (κ1) is 17.2. The molecule has 0 radical (unpaired) electrons. The molecule has 0 saturated carbocycles. The molecular weight excluding hydrogens is 218 g/mol. The van der Waals surface area contributed by atoms with Crippen LogP contribution < -0.4 is 5.32 Å². The number of hydrogen-bond donors (Lipinski definition) is 1. The van der Waals surface area contributed by atoms with Gasteiger partial charge in [0, 0.05) is 6.04 Å². The second-order valence-electron chi connectivity index (χ2n) is 4.73. The van der Waals surface area contributed by atoms with Crippen LogP contribution in [0.1, 0.15) is 58.1 Å². The minimum atomic E-state index is 0.658. The second kappa shape index (κ2) is 11.3. The van der Waals surface area contributed by atoms with Crippen LogP contribution in [0.2, 0.25) is 0 Å². The van der Waals surface area contributed by atoms with E-state index < -0.39 is 0 Å². The molecule has 18 heavy (non-hydrogen) atoms. The average Bonchev–Trinajstić information content (AvgIpc) is 2.41. The van der Waals surface area contributed by atoms with Gasteiger partial charge in [0.25, 0.3) is 0 Å². The monoisotopic (exact) mass is 249 g/mol. The van der Waals surface area contributed by atoms with Gasteiger partial charge in [0.05, 0.1) is 0 Å². The van der Waals surface area contributed by atoms with Gasteiger partial charge < -0.3 is 5.32 Å². The SMILES string of the molecule is CC.CCCNC(C)CCCc1ccc(C)cc1. The van der Waals surface area contributed by atoms with Gasteiger partial charge in [-0.1, -0.05) is 50.6 Å². The first-order valence-electron chi connectivity index (χ1n) is 7.51. The Morgan fingerprint density at radius 2 is 1.72 bits per heavy atom. The maximum Gasteiger partial charge on any atom is 0.00388 e. The van der Waals surface area contributed by atoms with Crippen LogP contribution >= 0.6 is 0 Å². The average molecular weight is 249 g/mol. The summed E-state index contributed by atoms with van der Waals surface area (Å²) in [5.74, 6) is 0. The van der Waals surface area contributed by atoms with E-state index in [0.29, 0.717) is 6.04 Å². The molecule has 0 aromatic heterocycles. The Morgan fingerprint density at radius 3 is 2.28 bits per heavy atom. The van der Waals surface area contributed by atoms with E-state index in [9.17, 15) is 0 Å². The van der Waals surface area contributed by atoms with E-state index >= 15 is 0 Å². The minimum absolute atomic E-state index is 0.658. The summed E-state index contributed by atoms with van der Waals surface area (Å²) in [6.45, 7) is 11.8. The van der Waals surface area contributed by atoms with E-state index in [2.05, 4.69) is 50.4 Å². The molecule has 1 aromatic carbocycles. The molecule has 0 aliphatic heterocycles. The normalized spacial score (nSPS) is 11.6. The van der Waals surface area contributed by atoms with Crippen LogP contribution in [0.15, 0.2) is 24.3 Å². The van der Waals surface area contributed by atoms with Gasteiger partial charge in [-0.2, -0.15) is 0 Å². The van der Waals surface area contributed by atoms with Gasteiger partial charge in [-0.15, -0.1) is 0 Å². The van der Waals surface area contributed by atoms with Crippen LogP contribution in [-0.2, 0) is 6.42 Å². The summed E-state index contributed by atoms with van der Waals surface area (Å²) in [7, 11) is 0. The largest absolute Gasteiger partial charge is 0.314 e. The molecule has 1 rings (SSSR count). The lowest BCUT2D eigenvalue weighted by atomic mass is 10.0. The molecule has 0 aliphatic carbocycles. The topological polar surface area (TPSA) is 12.0 Å². The van der Waals surface area contributed by atoms with Gasteiger partial charge in [-0.05, 0) is 51.6 Å². The summed E-state index contributed by atoms with van der Waals surface area (Å²) < 4.78 is 0. The van der Waals surface area contributed by atoms with Crippen molar-refractivity contribution in [1.82, 2.24) is 5.32 Å². The Balaban J connectivity index is 0.00000137. The third-order valence-corrected chi connectivity index (χ3v) is 2.97. The standard InChI is InChI=1S/C15H25N.C2H6/c1-4-12-16-14(3)6-5-7-15-10-8-13(2)9-11-15;1-2/h8-11,14,16H,4-7,12H2,1-3H3;1-2H3. The lowest BCUT2D eigenvalue weighted by Gasteiger charge is -2.12. The van der Waals surface area contributed by atoms with Gasteiger partial charge in [0.2, 0.25) is 0 Å². The van der Waals surface area contributed by atoms with Crippen molar-refractivity contribution >= 4 is 0 Å². The van der Waals surface area contributed by atoms with Crippen molar-refractivity contribution in [1.29, 1.82) is 0 Å². The van der Waals surface area contributed by atoms with Crippen LogP contribution in [0.25, 0.3) is 0 Å². The molecule has 0 fully saturated rings. The molecule has 1 nitrogen and oxygen atoms in total. The smallest absolute Gasteiger partial charge is 0.00388 e. The fraction of sp³-hybridized carbons (Fsp3) is 0.647. The van der Waals surface area contributed by atoms with Crippen molar-refractivity contribution in [2.45, 2.75) is 66.3 Å². The van der Waals surface area contributed by atoms with Crippen LogP contribution in [0, 0.1) is 6.92 Å². The summed E-state index contributed by atoms with van der Waals surface area (Å²) >= 11 is 0. The summed E-state index contributed by atoms with van der Waals surface area (Å²) in [5.41, 5.74) is 2.81. The molecular formula is C17H31N. The van der Waals surface area contributed by atoms with Crippen LogP contribution in [0.4, 0.5) is 0 Å². The second-order valence-corrected chi connectivity index (χ2v) is 4.73. The minimum Gasteiger partial charge on any atom is -0.314 e. The zero-order valence-corrected chi connectivity index (χ0v) is 12.9. The molecule has 1 heteroatoms. The summed E-state index contributed by atoms with van der Waals surface area (Å²) in [6, 6.07) is 9.56. The first-order valence-corrected chi connectivity index (χ1v) is 7.51. The Bertz CT molecular complexity index is 276. The fourth-order valence-electron chi connectivity index (χ4n) is 1.86. The lowest BCUT2D eigenvalue weighted by molar-refractivity contribution is 0.498. The van der Waals surface area contributed by atoms with Crippen molar-refractivity contribution in [2.24, 2.45) is 0 Å². The van der Waals surface area contributed by atoms with Gasteiger partial charge in [-0.3, -0.25) is 0 Å². The van der Waals surface area contributed by atoms with Crippen molar-refractivity contribution in [3.63, 3.8) is 0 Å². The van der Waals surface area contributed by atoms with E-state index in [-0.39, 0.29) is 0 Å². The molecule has 1 atom stereocenters. The molecule has 0 saturated heterocycles. The van der Waals surface area contributed by atoms with Crippen molar-refractivity contribution in [2.75, 3.05) is 6.54 Å². The maximum absolute atomic E-state index is 3.53. The predicted octanol–water partition coefficient (Wildman–Crippen LogP) is 4.73. The zero-order valence-electron chi connectivity index (χ0n) is 12.9. The Kier molecular flexibility index (Phi) is 10.8. The van der Waals surface area contributed by atoms with Crippen molar-refractivity contribution in [3.05, 3.63) is 35.4 Å². The van der Waals surface area contributed by atoms with Gasteiger partial charge in [-0.25, -0.2) is 0 Å². The van der Waals surface area contributed by atoms with E-state index in [4.69, 9.17) is 0 Å². The molecule has 1 aromatic rings. The summed E-state index contributed by atoms with van der Waals surface area (Å²) in [4.78, 5) is 0. The molecule has 0 amide bonds. The molecule has 104 valence electrons. The summed E-state index contributed by atoms with van der Waals surface area (Å²) in [5, 5.41) is 3.53. The highest BCUT2D eigenvalue weighted by Crippen LogP contribution is 2.08. The number of nitrogens with one attached hydrogen (secondary N) is 1. The van der Waals surface area contributed by atoms with E-state index in [1.165, 1.54) is 36.8 Å². The fourth-order valence-corrected chi connectivity index (χ4v) is 1.86. The molecule has 0 heterocycles. The first-order chi connectivity index (χ1) is 8.72. The number of aryl methyl sites for hydroxylation is 2. The third-order valence-electron chi connectivity index (χ3n) is 2.97. The van der Waals surface area contributed by atoms with Crippen LogP contribution in [0.3, 0.4) is 0 Å². The molecule has 1 N–H and O–H groups in total. The van der Waals surface area contributed by atoms with Crippen molar-refractivity contribution < 1.29 is 0 Å². The van der Waals surface area contributed by atoms with Gasteiger partial charge >= 0.3 is 0 Å². The van der Waals surface area contributed by atoms with Crippen LogP contribution in [-0.4, -0.2) is 12.6 Å². The van der Waals surface area contributed by atoms with E-state index in [1.807, 2.05) is 13.8 Å². The number of hydrogen-bond acceptors (Lipinski definition) is 1. The number of rotatable bonds is 7. The highest BCUT2D eigenvalue weighted by molar-refractivity contribution is 5.21. The lowest BCUT2D eigenvalue weighted by Crippen LogP contribution is -2.26. The Hall–Kier alpha value is -0.820. The van der Waals surface area contributed by atoms with Crippen molar-refractivity contribution in [3.8, 4) is 0 Å². The molecule has 0 bridgehead atoms. The van der Waals surface area contributed by atoms with E-state index in [0.717, 1.165) is 6.54 Å². The van der Waals surface area contributed by atoms with Crippen LogP contribution in [0.5, 0.6) is 0 Å². The quantitative estimate of drug-likeness (QED) is 0.736. The van der Waals surface area contributed by atoms with E-state index in [1.54, 1.807) is 0 Å². The molecule has 1 unspecified atom stereocenters. The molecule has 0 aliphatic rings. The van der Waals surface area contributed by atoms with Gasteiger partial charge in [0.15, 0.2) is 0 Å². The summed E-state index contributed by atoms with van der Waals surface area (Å²) in [6.07, 6.45) is 4.98. The predicted molar refractivity (Wildman–Crippen MR) is 83.2 cm³/mol. The number of benzene rings is 1. The highest BCUT2D eigenvalue weighted by atomic mass is 14.9.